The molecule has 2 heteroatoms. The van der Waals surface area contributed by atoms with Crippen LogP contribution in [-0.4, -0.2) is 5.67 Å². The zero-order valence-corrected chi connectivity index (χ0v) is 6.56. The van der Waals surface area contributed by atoms with E-state index in [0.29, 0.717) is 0 Å². The Kier molecular flexibility index (Phi) is 3.62. The van der Waals surface area contributed by atoms with Gasteiger partial charge in [-0.15, -0.1) is 0 Å². The third-order valence-corrected chi connectivity index (χ3v) is 0.955. The van der Waals surface area contributed by atoms with Crippen LogP contribution in [0.4, 0.5) is 4.39 Å². The van der Waals surface area contributed by atoms with E-state index in [2.05, 4.69) is 0 Å². The molecular formula is C6H7FXe. The van der Waals surface area contributed by atoms with Crippen molar-refractivity contribution in [3.63, 3.8) is 0 Å². The van der Waals surface area contributed by atoms with Gasteiger partial charge in [-0.05, 0) is 19.1 Å². The van der Waals surface area contributed by atoms with Crippen molar-refractivity contribution in [3.8, 4) is 0 Å². The van der Waals surface area contributed by atoms with Gasteiger partial charge in [0.1, 0.15) is 5.67 Å². The monoisotopic (exact) mass is 230 g/mol. The van der Waals surface area contributed by atoms with Crippen molar-refractivity contribution in [3.05, 3.63) is 24.3 Å². The van der Waals surface area contributed by atoms with Gasteiger partial charge in [-0.2, -0.15) is 0 Å². The van der Waals surface area contributed by atoms with Crippen LogP contribution in [0.5, 0.6) is 0 Å². The van der Waals surface area contributed by atoms with Crippen LogP contribution in [0.15, 0.2) is 24.3 Å². The average Bonchev–Trinajstić information content (AvgIpc) is 1.84. The van der Waals surface area contributed by atoms with Crippen molar-refractivity contribution in [1.29, 1.82) is 0 Å². The molecule has 0 spiro atoms. The van der Waals surface area contributed by atoms with Gasteiger partial charge in [0.15, 0.2) is 0 Å². The maximum atomic E-state index is 12.4. The summed E-state index contributed by atoms with van der Waals surface area (Å²) < 4.78 is 12.4. The molecular weight excluding hydrogens is 222 g/mol. The van der Waals surface area contributed by atoms with Crippen LogP contribution in [-0.2, 0) is 0 Å². The van der Waals surface area contributed by atoms with Gasteiger partial charge in [0, 0.05) is 48.9 Å². The normalized spacial score (nSPS) is 20.8. The Morgan fingerprint density at radius 1 is 1.25 bits per heavy atom. The number of hydrogen-bond acceptors (Lipinski definition) is 0. The maximum Gasteiger partial charge on any atom is 0.145 e. The van der Waals surface area contributed by atoms with E-state index in [4.69, 9.17) is 0 Å². The van der Waals surface area contributed by atoms with Gasteiger partial charge in [0.05, 0.1) is 0 Å². The largest absolute Gasteiger partial charge is 0.235 e. The molecule has 0 unspecified atom stereocenters. The first-order valence-corrected chi connectivity index (χ1v) is 2.27. The fourth-order valence-electron chi connectivity index (χ4n) is 0.543. The van der Waals surface area contributed by atoms with Crippen LogP contribution < -0.4 is 0 Å². The first kappa shape index (κ1) is 8.98. The van der Waals surface area contributed by atoms with Gasteiger partial charge in [0.25, 0.3) is 0 Å². The molecule has 0 radical (unpaired) electrons. The zero-order valence-electron chi connectivity index (χ0n) is 4.54. The number of alkyl halides is 1. The minimum absolute atomic E-state index is 0. The molecule has 0 saturated carbocycles. The van der Waals surface area contributed by atoms with Gasteiger partial charge in [-0.1, -0.05) is 12.2 Å². The molecule has 0 heterocycles. The van der Waals surface area contributed by atoms with Crippen LogP contribution in [0.3, 0.4) is 0 Å². The summed E-state index contributed by atoms with van der Waals surface area (Å²) in [5.74, 6) is 0. The van der Waals surface area contributed by atoms with E-state index < -0.39 is 5.67 Å². The van der Waals surface area contributed by atoms with Crippen molar-refractivity contribution in [1.82, 2.24) is 0 Å². The Balaban J connectivity index is 0.000000490. The van der Waals surface area contributed by atoms with Crippen LogP contribution in [0.2, 0.25) is 0 Å². The Labute approximate surface area is 88.9 Å². The second kappa shape index (κ2) is 3.23. The topological polar surface area (TPSA) is 0 Å². The van der Waals surface area contributed by atoms with E-state index in [9.17, 15) is 4.39 Å². The number of hydrogen-bond donors (Lipinski definition) is 0. The van der Waals surface area contributed by atoms with Crippen LogP contribution in [0.25, 0.3) is 0 Å². The Bertz CT molecular complexity index is 110. The third kappa shape index (κ3) is 2.51. The molecule has 1 aliphatic carbocycles. The molecule has 1 rings (SSSR count). The van der Waals surface area contributed by atoms with Crippen molar-refractivity contribution >= 4 is 0 Å². The van der Waals surface area contributed by atoms with Gasteiger partial charge in [-0.25, -0.2) is 4.39 Å². The van der Waals surface area contributed by atoms with Gasteiger partial charge in [-0.3, -0.25) is 0 Å². The minimum atomic E-state index is -1.17. The summed E-state index contributed by atoms with van der Waals surface area (Å²) in [6.45, 7) is 1.52. The molecule has 8 heavy (non-hydrogen) atoms. The summed E-state index contributed by atoms with van der Waals surface area (Å²) in [7, 11) is 0. The predicted molar refractivity (Wildman–Crippen MR) is 27.8 cm³/mol. The SMILES string of the molecule is CC1(F)C=CC=C1.[Xe]. The average molecular weight is 229 g/mol. The summed E-state index contributed by atoms with van der Waals surface area (Å²) in [4.78, 5) is 0. The molecule has 0 bridgehead atoms. The fraction of sp³-hybridized carbons (Fsp3) is 0.333. The van der Waals surface area contributed by atoms with Crippen molar-refractivity contribution in [2.75, 3.05) is 0 Å². The summed E-state index contributed by atoms with van der Waals surface area (Å²) in [5, 5.41) is 0. The molecule has 0 aliphatic heterocycles. The molecule has 0 amide bonds. The van der Waals surface area contributed by atoms with Crippen molar-refractivity contribution in [2.24, 2.45) is 0 Å². The Morgan fingerprint density at radius 3 is 1.75 bits per heavy atom. The molecule has 0 saturated heterocycles. The van der Waals surface area contributed by atoms with Gasteiger partial charge < -0.3 is 0 Å². The van der Waals surface area contributed by atoms with E-state index in [1.54, 1.807) is 12.2 Å². The standard InChI is InChI=1S/C6H7F.Xe/c1-6(7)4-2-3-5-6;/h2-5H,1H3;. The molecule has 0 fully saturated rings. The van der Waals surface area contributed by atoms with Crippen LogP contribution in [0.1, 0.15) is 6.92 Å². The fourth-order valence-corrected chi connectivity index (χ4v) is 0.543. The smallest absolute Gasteiger partial charge is 0.145 e. The maximum absolute atomic E-state index is 12.4. The summed E-state index contributed by atoms with van der Waals surface area (Å²) >= 11 is 0. The third-order valence-electron chi connectivity index (χ3n) is 0.955. The quantitative estimate of drug-likeness (QED) is 0.594. The summed E-state index contributed by atoms with van der Waals surface area (Å²) in [5.41, 5.74) is -1.17. The minimum Gasteiger partial charge on any atom is -0.235 e. The molecule has 46 valence electrons. The second-order valence-corrected chi connectivity index (χ2v) is 1.87. The van der Waals surface area contributed by atoms with Crippen molar-refractivity contribution in [2.45, 2.75) is 12.6 Å². The van der Waals surface area contributed by atoms with E-state index >= 15 is 0 Å². The number of rotatable bonds is 0. The first-order valence-electron chi connectivity index (χ1n) is 2.27. The molecule has 1 aliphatic rings. The summed E-state index contributed by atoms with van der Waals surface area (Å²) in [6, 6.07) is 0. The van der Waals surface area contributed by atoms with E-state index in [-0.39, 0.29) is 48.9 Å². The van der Waals surface area contributed by atoms with Gasteiger partial charge in [0.2, 0.25) is 0 Å². The molecule has 0 atom stereocenters. The molecule has 0 aromatic carbocycles. The Morgan fingerprint density at radius 2 is 1.62 bits per heavy atom. The molecule has 0 aromatic rings. The van der Waals surface area contributed by atoms with Crippen LogP contribution in [0, 0.1) is 48.9 Å². The van der Waals surface area contributed by atoms with Crippen LogP contribution >= 0.6 is 0 Å². The molecule has 0 aromatic heterocycles. The van der Waals surface area contributed by atoms with E-state index in [1.807, 2.05) is 0 Å². The zero-order chi connectivity index (χ0) is 5.33. The first-order chi connectivity index (χ1) is 3.21. The van der Waals surface area contributed by atoms with E-state index in [1.165, 1.54) is 19.1 Å². The number of allylic oxidation sites excluding steroid dienone is 4. The number of halogens is 1. The van der Waals surface area contributed by atoms with Crippen molar-refractivity contribution < 1.29 is 53.3 Å². The second-order valence-electron chi connectivity index (χ2n) is 1.87. The van der Waals surface area contributed by atoms with E-state index in [0.717, 1.165) is 0 Å². The predicted octanol–water partition coefficient (Wildman–Crippen LogP) is 1.84. The molecule has 0 N–H and O–H groups in total. The summed E-state index contributed by atoms with van der Waals surface area (Å²) in [6.07, 6.45) is 6.46. The van der Waals surface area contributed by atoms with Gasteiger partial charge >= 0.3 is 0 Å². The molecule has 0 nitrogen and oxygen atoms in total. The Hall–Kier alpha value is 0.981.